The van der Waals surface area contributed by atoms with Crippen molar-refractivity contribution in [2.75, 3.05) is 13.1 Å². The van der Waals surface area contributed by atoms with Crippen molar-refractivity contribution in [3.8, 4) is 0 Å². The van der Waals surface area contributed by atoms with Crippen LogP contribution >= 0.6 is 0 Å². The van der Waals surface area contributed by atoms with Crippen molar-refractivity contribution in [3.05, 3.63) is 35.6 Å². The molecule has 0 aromatic heterocycles. The summed E-state index contributed by atoms with van der Waals surface area (Å²) in [6, 6.07) is 4.59. The summed E-state index contributed by atoms with van der Waals surface area (Å²) in [6.45, 7) is 4.53. The molecule has 2 atom stereocenters. The molecule has 0 saturated carbocycles. The molecule has 1 aromatic carbocycles. The summed E-state index contributed by atoms with van der Waals surface area (Å²) in [6.07, 6.45) is 0. The van der Waals surface area contributed by atoms with E-state index in [0.717, 1.165) is 0 Å². The highest BCUT2D eigenvalue weighted by Crippen LogP contribution is 2.20. The quantitative estimate of drug-likeness (QED) is 0.793. The summed E-state index contributed by atoms with van der Waals surface area (Å²) in [5.41, 5.74) is 0.470. The Balaban J connectivity index is 2.92. The van der Waals surface area contributed by atoms with E-state index < -0.39 is 29.7 Å². The lowest BCUT2D eigenvalue weighted by Gasteiger charge is -2.29. The fourth-order valence-electron chi connectivity index (χ4n) is 2.15. The zero-order chi connectivity index (χ0) is 17.6. The number of hydrogen-bond donors (Lipinski definition) is 2. The van der Waals surface area contributed by atoms with E-state index in [1.165, 1.54) is 36.9 Å². The highest BCUT2D eigenvalue weighted by Gasteiger charge is 2.29. The second kappa shape index (κ2) is 8.26. The minimum Gasteiger partial charge on any atom is -0.480 e. The molecule has 0 heterocycles. The van der Waals surface area contributed by atoms with E-state index in [9.17, 15) is 18.8 Å². The van der Waals surface area contributed by atoms with Gasteiger partial charge in [-0.05, 0) is 31.5 Å². The molecule has 0 spiro atoms. The van der Waals surface area contributed by atoms with Crippen LogP contribution < -0.4 is 5.32 Å². The molecule has 0 bridgehead atoms. The van der Waals surface area contributed by atoms with Crippen LogP contribution in [-0.4, -0.2) is 46.9 Å². The molecule has 0 aliphatic heterocycles. The average molecular weight is 324 g/mol. The van der Waals surface area contributed by atoms with Crippen molar-refractivity contribution in [1.82, 2.24) is 10.2 Å². The summed E-state index contributed by atoms with van der Waals surface area (Å²) in [7, 11) is 0. The molecule has 23 heavy (non-hydrogen) atoms. The SMILES string of the molecule is CC(=O)NCCN(C(=O)C(C)c1cccc(F)c1)C(C)C(=O)O. The minimum atomic E-state index is -1.15. The van der Waals surface area contributed by atoms with Gasteiger partial charge in [-0.3, -0.25) is 9.59 Å². The number of carboxylic acid groups (broad SMARTS) is 1. The molecule has 1 aromatic rings. The van der Waals surface area contributed by atoms with Crippen LogP contribution in [0.1, 0.15) is 32.3 Å². The normalized spacial score (nSPS) is 13.0. The van der Waals surface area contributed by atoms with E-state index >= 15 is 0 Å². The zero-order valence-corrected chi connectivity index (χ0v) is 13.4. The van der Waals surface area contributed by atoms with E-state index in [4.69, 9.17) is 5.11 Å². The van der Waals surface area contributed by atoms with Gasteiger partial charge in [-0.1, -0.05) is 12.1 Å². The third-order valence-corrected chi connectivity index (χ3v) is 3.55. The van der Waals surface area contributed by atoms with Gasteiger partial charge in [0, 0.05) is 20.0 Å². The fraction of sp³-hybridized carbons (Fsp3) is 0.438. The number of benzene rings is 1. The fourth-order valence-corrected chi connectivity index (χ4v) is 2.15. The first kappa shape index (κ1) is 18.6. The maximum Gasteiger partial charge on any atom is 0.326 e. The first-order valence-corrected chi connectivity index (χ1v) is 7.27. The van der Waals surface area contributed by atoms with Crippen molar-refractivity contribution in [3.63, 3.8) is 0 Å². The molecule has 6 nitrogen and oxygen atoms in total. The summed E-state index contributed by atoms with van der Waals surface area (Å²) >= 11 is 0. The third kappa shape index (κ3) is 5.36. The minimum absolute atomic E-state index is 0.0610. The first-order chi connectivity index (χ1) is 10.7. The van der Waals surface area contributed by atoms with Crippen molar-refractivity contribution in [2.24, 2.45) is 0 Å². The van der Waals surface area contributed by atoms with Crippen molar-refractivity contribution in [1.29, 1.82) is 0 Å². The van der Waals surface area contributed by atoms with Gasteiger partial charge in [0.15, 0.2) is 0 Å². The number of carbonyl (C=O) groups excluding carboxylic acids is 2. The number of carboxylic acids is 1. The molecule has 0 aliphatic carbocycles. The van der Waals surface area contributed by atoms with Crippen LogP contribution in [0, 0.1) is 5.82 Å². The lowest BCUT2D eigenvalue weighted by Crippen LogP contribution is -2.48. The second-order valence-electron chi connectivity index (χ2n) is 5.31. The van der Waals surface area contributed by atoms with Gasteiger partial charge in [0.2, 0.25) is 11.8 Å². The van der Waals surface area contributed by atoms with E-state index in [-0.39, 0.29) is 19.0 Å². The molecule has 2 N–H and O–H groups in total. The topological polar surface area (TPSA) is 86.7 Å². The first-order valence-electron chi connectivity index (χ1n) is 7.27. The molecule has 0 radical (unpaired) electrons. The molecule has 0 aliphatic rings. The van der Waals surface area contributed by atoms with Gasteiger partial charge in [-0.25, -0.2) is 9.18 Å². The third-order valence-electron chi connectivity index (χ3n) is 3.55. The maximum absolute atomic E-state index is 13.3. The molecule has 2 amide bonds. The Bertz CT molecular complexity index is 591. The highest BCUT2D eigenvalue weighted by molar-refractivity contribution is 5.87. The average Bonchev–Trinajstić information content (AvgIpc) is 2.49. The summed E-state index contributed by atoms with van der Waals surface area (Å²) in [4.78, 5) is 35.9. The Labute approximate surface area is 134 Å². The lowest BCUT2D eigenvalue weighted by molar-refractivity contribution is -0.149. The molecule has 2 unspecified atom stereocenters. The van der Waals surface area contributed by atoms with Crippen molar-refractivity contribution < 1.29 is 23.9 Å². The van der Waals surface area contributed by atoms with Gasteiger partial charge in [-0.2, -0.15) is 0 Å². The number of carbonyl (C=O) groups is 3. The van der Waals surface area contributed by atoms with Crippen LogP contribution in [-0.2, 0) is 14.4 Å². The molecular formula is C16H21FN2O4. The molecule has 0 fully saturated rings. The van der Waals surface area contributed by atoms with Crippen LogP contribution in [0.4, 0.5) is 4.39 Å². The molecule has 126 valence electrons. The predicted molar refractivity (Wildman–Crippen MR) is 82.3 cm³/mol. The van der Waals surface area contributed by atoms with E-state index in [2.05, 4.69) is 5.32 Å². The van der Waals surface area contributed by atoms with E-state index in [1.54, 1.807) is 13.0 Å². The van der Waals surface area contributed by atoms with Gasteiger partial charge in [-0.15, -0.1) is 0 Å². The lowest BCUT2D eigenvalue weighted by atomic mass is 9.99. The summed E-state index contributed by atoms with van der Waals surface area (Å²) in [5, 5.41) is 11.7. The van der Waals surface area contributed by atoms with E-state index in [0.29, 0.717) is 5.56 Å². The Morgan fingerprint density at radius 3 is 2.48 bits per heavy atom. The number of nitrogens with zero attached hydrogens (tertiary/aromatic N) is 1. The summed E-state index contributed by atoms with van der Waals surface area (Å²) in [5.74, 6) is -3.00. The highest BCUT2D eigenvalue weighted by atomic mass is 19.1. The zero-order valence-electron chi connectivity index (χ0n) is 13.4. The number of aliphatic carboxylic acids is 1. The Morgan fingerprint density at radius 2 is 1.96 bits per heavy atom. The van der Waals surface area contributed by atoms with Gasteiger partial charge < -0.3 is 15.3 Å². The van der Waals surface area contributed by atoms with Gasteiger partial charge in [0.05, 0.1) is 5.92 Å². The Kier molecular flexibility index (Phi) is 6.68. The number of rotatable bonds is 7. The van der Waals surface area contributed by atoms with Crippen LogP contribution in [0.15, 0.2) is 24.3 Å². The number of nitrogens with one attached hydrogen (secondary N) is 1. The molecule has 0 saturated heterocycles. The van der Waals surface area contributed by atoms with Crippen LogP contribution in [0.3, 0.4) is 0 Å². The Morgan fingerprint density at radius 1 is 1.30 bits per heavy atom. The Hall–Kier alpha value is -2.44. The smallest absolute Gasteiger partial charge is 0.326 e. The number of hydrogen-bond acceptors (Lipinski definition) is 3. The van der Waals surface area contributed by atoms with Gasteiger partial charge in [0.25, 0.3) is 0 Å². The standard InChI is InChI=1S/C16H21FN2O4/c1-10(13-5-4-6-14(17)9-13)15(21)19(11(2)16(22)23)8-7-18-12(3)20/h4-6,9-11H,7-8H2,1-3H3,(H,18,20)(H,22,23). The van der Waals surface area contributed by atoms with Crippen LogP contribution in [0.5, 0.6) is 0 Å². The van der Waals surface area contributed by atoms with E-state index in [1.807, 2.05) is 0 Å². The number of halogens is 1. The number of amides is 2. The van der Waals surface area contributed by atoms with Gasteiger partial charge in [0.1, 0.15) is 11.9 Å². The van der Waals surface area contributed by atoms with Crippen LogP contribution in [0.25, 0.3) is 0 Å². The van der Waals surface area contributed by atoms with Crippen molar-refractivity contribution >= 4 is 17.8 Å². The monoisotopic (exact) mass is 324 g/mol. The maximum atomic E-state index is 13.3. The summed E-state index contributed by atoms with van der Waals surface area (Å²) < 4.78 is 13.3. The van der Waals surface area contributed by atoms with Crippen molar-refractivity contribution in [2.45, 2.75) is 32.7 Å². The van der Waals surface area contributed by atoms with Crippen LogP contribution in [0.2, 0.25) is 0 Å². The predicted octanol–water partition coefficient (Wildman–Crippen LogP) is 1.37. The molecular weight excluding hydrogens is 303 g/mol. The largest absolute Gasteiger partial charge is 0.480 e. The molecule has 1 rings (SSSR count). The molecule has 7 heteroatoms. The van der Waals surface area contributed by atoms with Gasteiger partial charge >= 0.3 is 5.97 Å². The second-order valence-corrected chi connectivity index (χ2v) is 5.31.